The van der Waals surface area contributed by atoms with E-state index < -0.39 is 17.6 Å². The topological polar surface area (TPSA) is 66.8 Å². The summed E-state index contributed by atoms with van der Waals surface area (Å²) < 4.78 is 6.58. The molecule has 0 heterocycles. The summed E-state index contributed by atoms with van der Waals surface area (Å²) in [5.74, 6) is -1.17. The smallest absolute Gasteiger partial charge is 0.410 e. The Kier molecular flexibility index (Phi) is 6.07. The molecule has 0 aliphatic heterocycles. The van der Waals surface area contributed by atoms with Gasteiger partial charge in [0.1, 0.15) is 12.1 Å². The van der Waals surface area contributed by atoms with Crippen molar-refractivity contribution in [2.45, 2.75) is 24.8 Å². The highest BCUT2D eigenvalue weighted by Gasteiger charge is 2.41. The highest BCUT2D eigenvalue weighted by molar-refractivity contribution is 9.10. The molecule has 32 heavy (non-hydrogen) atoms. The second-order valence-electron chi connectivity index (χ2n) is 8.25. The number of amides is 1. The lowest BCUT2D eigenvalue weighted by molar-refractivity contribution is -0.148. The molecule has 5 nitrogen and oxygen atoms in total. The second-order valence-corrected chi connectivity index (χ2v) is 9.16. The van der Waals surface area contributed by atoms with Gasteiger partial charge in [-0.15, -0.1) is 0 Å². The molecule has 0 spiro atoms. The first-order valence-electron chi connectivity index (χ1n) is 10.4. The summed E-state index contributed by atoms with van der Waals surface area (Å²) in [5.41, 5.74) is 3.87. The number of hydrogen-bond donors (Lipinski definition) is 1. The van der Waals surface area contributed by atoms with Crippen LogP contribution in [0.15, 0.2) is 77.3 Å². The quantitative estimate of drug-likeness (QED) is 0.477. The summed E-state index contributed by atoms with van der Waals surface area (Å²) in [6.45, 7) is 1.68. The van der Waals surface area contributed by atoms with Crippen molar-refractivity contribution in [2.24, 2.45) is 0 Å². The Morgan fingerprint density at radius 3 is 2.03 bits per heavy atom. The van der Waals surface area contributed by atoms with Crippen LogP contribution in [0.1, 0.15) is 29.5 Å². The molecule has 1 N–H and O–H groups in total. The number of carbonyl (C=O) groups is 2. The predicted octanol–water partition coefficient (Wildman–Crippen LogP) is 5.72. The zero-order valence-electron chi connectivity index (χ0n) is 17.9. The van der Waals surface area contributed by atoms with Crippen LogP contribution in [0.2, 0.25) is 0 Å². The molecule has 6 heteroatoms. The van der Waals surface area contributed by atoms with E-state index in [0.29, 0.717) is 0 Å². The highest BCUT2D eigenvalue weighted by Crippen LogP contribution is 2.44. The number of fused-ring (bicyclic) bond motifs is 3. The van der Waals surface area contributed by atoms with Gasteiger partial charge in [-0.25, -0.2) is 9.59 Å². The van der Waals surface area contributed by atoms with Crippen LogP contribution in [0.5, 0.6) is 0 Å². The van der Waals surface area contributed by atoms with Crippen LogP contribution in [0, 0.1) is 0 Å². The maximum atomic E-state index is 13.0. The summed E-state index contributed by atoms with van der Waals surface area (Å²) >= 11 is 3.38. The third-order valence-corrected chi connectivity index (χ3v) is 6.80. The van der Waals surface area contributed by atoms with Gasteiger partial charge < -0.3 is 9.84 Å². The Labute approximate surface area is 195 Å². The molecule has 3 aromatic rings. The van der Waals surface area contributed by atoms with E-state index in [2.05, 4.69) is 28.1 Å². The van der Waals surface area contributed by atoms with E-state index >= 15 is 0 Å². The number of hydrogen-bond acceptors (Lipinski definition) is 3. The van der Waals surface area contributed by atoms with Crippen molar-refractivity contribution in [2.75, 3.05) is 13.7 Å². The number of carbonyl (C=O) groups excluding carboxylic acids is 1. The molecular formula is C26H24BrNO4. The normalized spacial score (nSPS) is 14.2. The molecule has 0 saturated heterocycles. The average Bonchev–Trinajstić information content (AvgIpc) is 3.12. The zero-order chi connectivity index (χ0) is 22.9. The molecule has 0 aromatic heterocycles. The molecular weight excluding hydrogens is 470 g/mol. The van der Waals surface area contributed by atoms with Crippen molar-refractivity contribution in [3.05, 3.63) is 94.0 Å². The van der Waals surface area contributed by atoms with Crippen molar-refractivity contribution in [3.8, 4) is 11.1 Å². The van der Waals surface area contributed by atoms with Gasteiger partial charge in [0.25, 0.3) is 0 Å². The Hall–Kier alpha value is -3.12. The number of aliphatic carboxylic acids is 1. The SMILES string of the molecule is CN(C(=O)OCC1c2ccccc2-c2ccccc21)C(C)(Cc1ccc(Br)cc1)C(=O)O. The lowest BCUT2D eigenvalue weighted by atomic mass is 9.91. The van der Waals surface area contributed by atoms with Gasteiger partial charge in [0.2, 0.25) is 0 Å². The minimum atomic E-state index is -1.45. The van der Waals surface area contributed by atoms with Gasteiger partial charge in [-0.2, -0.15) is 0 Å². The van der Waals surface area contributed by atoms with Gasteiger partial charge in [-0.1, -0.05) is 76.6 Å². The Morgan fingerprint density at radius 1 is 0.969 bits per heavy atom. The molecule has 0 radical (unpaired) electrons. The van der Waals surface area contributed by atoms with Gasteiger partial charge in [0.05, 0.1) is 0 Å². The van der Waals surface area contributed by atoms with Crippen LogP contribution in [0.25, 0.3) is 11.1 Å². The maximum absolute atomic E-state index is 13.0. The van der Waals surface area contributed by atoms with Crippen LogP contribution in [0.3, 0.4) is 0 Å². The molecule has 1 aliphatic carbocycles. The number of rotatable bonds is 6. The molecule has 1 unspecified atom stereocenters. The monoisotopic (exact) mass is 493 g/mol. The van der Waals surface area contributed by atoms with Crippen molar-refractivity contribution in [1.29, 1.82) is 0 Å². The lowest BCUT2D eigenvalue weighted by Gasteiger charge is -2.34. The zero-order valence-corrected chi connectivity index (χ0v) is 19.5. The fourth-order valence-corrected chi connectivity index (χ4v) is 4.49. The number of ether oxygens (including phenoxy) is 1. The Morgan fingerprint density at radius 2 is 1.50 bits per heavy atom. The molecule has 3 aromatic carbocycles. The molecule has 1 atom stereocenters. The maximum Gasteiger partial charge on any atom is 0.410 e. The summed E-state index contributed by atoms with van der Waals surface area (Å²) in [7, 11) is 1.48. The van der Waals surface area contributed by atoms with Crippen LogP contribution in [-0.2, 0) is 16.0 Å². The minimum Gasteiger partial charge on any atom is -0.479 e. The van der Waals surface area contributed by atoms with E-state index in [9.17, 15) is 14.7 Å². The number of carboxylic acid groups (broad SMARTS) is 1. The first-order chi connectivity index (χ1) is 15.3. The molecule has 0 saturated carbocycles. The van der Waals surface area contributed by atoms with E-state index in [1.165, 1.54) is 11.9 Å². The van der Waals surface area contributed by atoms with E-state index in [-0.39, 0.29) is 18.9 Å². The lowest BCUT2D eigenvalue weighted by Crippen LogP contribution is -2.54. The fourth-order valence-electron chi connectivity index (χ4n) is 4.23. The molecule has 164 valence electrons. The van der Waals surface area contributed by atoms with Crippen LogP contribution in [-0.4, -0.2) is 41.3 Å². The Balaban J connectivity index is 1.52. The number of carboxylic acids is 1. The summed E-state index contributed by atoms with van der Waals surface area (Å²) in [4.78, 5) is 26.3. The fraction of sp³-hybridized carbons (Fsp3) is 0.231. The molecule has 0 bridgehead atoms. The number of halogens is 1. The molecule has 4 rings (SSSR count). The summed E-state index contributed by atoms with van der Waals surface area (Å²) in [5, 5.41) is 9.95. The molecule has 1 amide bonds. The van der Waals surface area contributed by atoms with Crippen molar-refractivity contribution in [3.63, 3.8) is 0 Å². The molecule has 0 fully saturated rings. The van der Waals surface area contributed by atoms with Gasteiger partial charge in [0, 0.05) is 23.9 Å². The summed E-state index contributed by atoms with van der Waals surface area (Å²) in [6.07, 6.45) is -0.495. The third kappa shape index (κ3) is 4.02. The van der Waals surface area contributed by atoms with Crippen molar-refractivity contribution >= 4 is 28.0 Å². The number of benzene rings is 3. The first-order valence-corrected chi connectivity index (χ1v) is 11.2. The van der Waals surface area contributed by atoms with Gasteiger partial charge in [-0.3, -0.25) is 4.90 Å². The Bertz CT molecular complexity index is 1110. The van der Waals surface area contributed by atoms with Crippen LogP contribution < -0.4 is 0 Å². The average molecular weight is 494 g/mol. The second kappa shape index (κ2) is 8.79. The van der Waals surface area contributed by atoms with E-state index in [1.807, 2.05) is 60.7 Å². The summed E-state index contributed by atoms with van der Waals surface area (Å²) in [6, 6.07) is 23.6. The molecule has 1 aliphatic rings. The van der Waals surface area contributed by atoms with E-state index in [4.69, 9.17) is 4.74 Å². The standard InChI is InChI=1S/C26H24BrNO4/c1-26(24(29)30,15-17-11-13-18(27)14-12-17)28(2)25(31)32-16-23-21-9-5-3-7-19(21)20-8-4-6-10-22(20)23/h3-14,23H,15-16H2,1-2H3,(H,29,30). The van der Waals surface area contributed by atoms with E-state index in [0.717, 1.165) is 32.3 Å². The van der Waals surface area contributed by atoms with Crippen LogP contribution in [0.4, 0.5) is 4.79 Å². The van der Waals surface area contributed by atoms with Crippen molar-refractivity contribution in [1.82, 2.24) is 4.90 Å². The van der Waals surface area contributed by atoms with Crippen molar-refractivity contribution < 1.29 is 19.4 Å². The largest absolute Gasteiger partial charge is 0.479 e. The van der Waals surface area contributed by atoms with Gasteiger partial charge in [0.15, 0.2) is 0 Å². The van der Waals surface area contributed by atoms with E-state index in [1.54, 1.807) is 6.92 Å². The predicted molar refractivity (Wildman–Crippen MR) is 127 cm³/mol. The first kappa shape index (κ1) is 22.1. The number of likely N-dealkylation sites (N-methyl/N-ethyl adjacent to an activating group) is 1. The van der Waals surface area contributed by atoms with Gasteiger partial charge >= 0.3 is 12.1 Å². The minimum absolute atomic E-state index is 0.0812. The highest BCUT2D eigenvalue weighted by atomic mass is 79.9. The van der Waals surface area contributed by atoms with Gasteiger partial charge in [-0.05, 0) is 46.9 Å². The number of nitrogens with zero attached hydrogens (tertiary/aromatic N) is 1. The van der Waals surface area contributed by atoms with Crippen LogP contribution >= 0.6 is 15.9 Å². The third-order valence-electron chi connectivity index (χ3n) is 6.27.